The Hall–Kier alpha value is -1.93. The summed E-state index contributed by atoms with van der Waals surface area (Å²) in [5.41, 5.74) is 0.790. The fourth-order valence-electron chi connectivity index (χ4n) is 1.53. The number of pyridine rings is 1. The smallest absolute Gasteiger partial charge is 0.347 e. The number of nitrogens with zero attached hydrogens (tertiary/aromatic N) is 2. The van der Waals surface area contributed by atoms with E-state index in [1.54, 1.807) is 32.2 Å². The Balaban J connectivity index is 2.29. The zero-order valence-corrected chi connectivity index (χ0v) is 13.0. The number of hydrogen-bond donors (Lipinski definition) is 1. The average Bonchev–Trinajstić information content (AvgIpc) is 2.80. The van der Waals surface area contributed by atoms with Crippen LogP contribution in [-0.2, 0) is 4.74 Å². The Bertz CT molecular complexity index is 685. The molecule has 0 aliphatic carbocycles. The van der Waals surface area contributed by atoms with Crippen molar-refractivity contribution in [1.29, 1.82) is 0 Å². The largest absolute Gasteiger partial charge is 0.477 e. The highest BCUT2D eigenvalue weighted by molar-refractivity contribution is 8.01. The molecule has 21 heavy (non-hydrogen) atoms. The summed E-state index contributed by atoms with van der Waals surface area (Å²) in [5.74, 6) is -1.47. The molecular formula is C13H12N2O4S2. The topological polar surface area (TPSA) is 89.4 Å². The molecule has 0 saturated carbocycles. The third-order valence-corrected chi connectivity index (χ3v) is 4.65. The number of esters is 1. The van der Waals surface area contributed by atoms with Crippen molar-refractivity contribution in [2.45, 2.75) is 23.2 Å². The summed E-state index contributed by atoms with van der Waals surface area (Å²) in [6.07, 6.45) is 1.56. The monoisotopic (exact) mass is 324 g/mol. The second-order valence-electron chi connectivity index (χ2n) is 3.88. The summed E-state index contributed by atoms with van der Waals surface area (Å²) < 4.78 is 5.49. The zero-order chi connectivity index (χ0) is 15.4. The van der Waals surface area contributed by atoms with Gasteiger partial charge in [-0.3, -0.25) is 0 Å². The van der Waals surface area contributed by atoms with Crippen LogP contribution in [0, 0.1) is 6.92 Å². The fourth-order valence-corrected chi connectivity index (χ4v) is 3.55. The van der Waals surface area contributed by atoms with Gasteiger partial charge in [0.05, 0.1) is 17.9 Å². The van der Waals surface area contributed by atoms with Crippen molar-refractivity contribution < 1.29 is 19.4 Å². The Morgan fingerprint density at radius 3 is 2.86 bits per heavy atom. The van der Waals surface area contributed by atoms with E-state index in [-0.39, 0.29) is 11.5 Å². The molecule has 0 saturated heterocycles. The van der Waals surface area contributed by atoms with Crippen LogP contribution in [0.2, 0.25) is 0 Å². The van der Waals surface area contributed by atoms with Crippen LogP contribution >= 0.6 is 23.1 Å². The highest BCUT2D eigenvalue weighted by Crippen LogP contribution is 2.33. The number of aromatic nitrogens is 2. The summed E-state index contributed by atoms with van der Waals surface area (Å²) in [5, 5.41) is 9.48. The maximum Gasteiger partial charge on any atom is 0.347 e. The molecule has 110 valence electrons. The van der Waals surface area contributed by atoms with E-state index in [0.717, 1.165) is 23.1 Å². The fraction of sp³-hybridized carbons (Fsp3) is 0.231. The van der Waals surface area contributed by atoms with Crippen LogP contribution in [0.3, 0.4) is 0 Å². The molecule has 2 aromatic rings. The van der Waals surface area contributed by atoms with Crippen LogP contribution in [0.1, 0.15) is 32.6 Å². The van der Waals surface area contributed by atoms with Crippen molar-refractivity contribution in [2.75, 3.05) is 6.61 Å². The van der Waals surface area contributed by atoms with E-state index in [2.05, 4.69) is 9.97 Å². The van der Waals surface area contributed by atoms with Crippen LogP contribution in [0.5, 0.6) is 0 Å². The molecule has 2 aromatic heterocycles. The lowest BCUT2D eigenvalue weighted by molar-refractivity contribution is 0.0520. The van der Waals surface area contributed by atoms with Gasteiger partial charge in [-0.1, -0.05) is 11.3 Å². The molecule has 0 aliphatic heterocycles. The highest BCUT2D eigenvalue weighted by Gasteiger charge is 2.19. The van der Waals surface area contributed by atoms with Crippen LogP contribution in [0.25, 0.3) is 0 Å². The minimum atomic E-state index is -1.01. The molecule has 2 rings (SSSR count). The molecule has 0 fully saturated rings. The van der Waals surface area contributed by atoms with E-state index in [1.165, 1.54) is 0 Å². The number of hydrogen-bond acceptors (Lipinski definition) is 7. The van der Waals surface area contributed by atoms with E-state index >= 15 is 0 Å². The van der Waals surface area contributed by atoms with Gasteiger partial charge in [-0.15, -0.1) is 0 Å². The Morgan fingerprint density at radius 1 is 1.48 bits per heavy atom. The average molecular weight is 324 g/mol. The van der Waals surface area contributed by atoms with Crippen molar-refractivity contribution in [2.24, 2.45) is 0 Å². The van der Waals surface area contributed by atoms with Crippen LogP contribution in [-0.4, -0.2) is 33.6 Å². The minimum absolute atomic E-state index is 0.186. The molecule has 0 radical (unpaired) electrons. The SMILES string of the molecule is CCOC(=O)c1cccnc1Sc1nc(C)c(C(=O)O)s1. The predicted octanol–water partition coefficient (Wildman–Crippen LogP) is 2.87. The number of ether oxygens (including phenoxy) is 1. The summed E-state index contributed by atoms with van der Waals surface area (Å²) in [4.78, 5) is 31.4. The van der Waals surface area contributed by atoms with Crippen LogP contribution in [0.4, 0.5) is 0 Å². The first kappa shape index (κ1) is 15.5. The second-order valence-corrected chi connectivity index (χ2v) is 6.11. The molecule has 0 amide bonds. The second kappa shape index (κ2) is 6.68. The first-order valence-electron chi connectivity index (χ1n) is 6.03. The number of aryl methyl sites for hydroxylation is 1. The van der Waals surface area contributed by atoms with Crippen molar-refractivity contribution in [1.82, 2.24) is 9.97 Å². The molecule has 0 atom stereocenters. The first-order chi connectivity index (χ1) is 10.0. The van der Waals surface area contributed by atoms with Gasteiger partial charge in [-0.05, 0) is 37.7 Å². The van der Waals surface area contributed by atoms with Crippen LogP contribution < -0.4 is 0 Å². The van der Waals surface area contributed by atoms with Gasteiger partial charge in [-0.25, -0.2) is 19.6 Å². The predicted molar refractivity (Wildman–Crippen MR) is 78.1 cm³/mol. The quantitative estimate of drug-likeness (QED) is 0.846. The lowest BCUT2D eigenvalue weighted by Crippen LogP contribution is -2.06. The molecule has 1 N–H and O–H groups in total. The van der Waals surface area contributed by atoms with Gasteiger partial charge in [-0.2, -0.15) is 0 Å². The number of carboxylic acids is 1. The highest BCUT2D eigenvalue weighted by atomic mass is 32.2. The van der Waals surface area contributed by atoms with Gasteiger partial charge in [0.15, 0.2) is 4.34 Å². The van der Waals surface area contributed by atoms with Crippen molar-refractivity contribution >= 4 is 35.0 Å². The van der Waals surface area contributed by atoms with E-state index < -0.39 is 11.9 Å². The van der Waals surface area contributed by atoms with Gasteiger partial charge >= 0.3 is 11.9 Å². The molecule has 6 nitrogen and oxygen atoms in total. The lowest BCUT2D eigenvalue weighted by atomic mass is 10.3. The molecular weight excluding hydrogens is 312 g/mol. The summed E-state index contributed by atoms with van der Waals surface area (Å²) in [7, 11) is 0. The van der Waals surface area contributed by atoms with E-state index in [4.69, 9.17) is 9.84 Å². The number of rotatable bonds is 5. The Kier molecular flexibility index (Phi) is 4.92. The van der Waals surface area contributed by atoms with Crippen molar-refractivity contribution in [3.63, 3.8) is 0 Å². The normalized spacial score (nSPS) is 10.4. The van der Waals surface area contributed by atoms with Gasteiger partial charge in [0.2, 0.25) is 0 Å². The van der Waals surface area contributed by atoms with Crippen molar-refractivity contribution in [3.8, 4) is 0 Å². The lowest BCUT2D eigenvalue weighted by Gasteiger charge is -2.05. The Morgan fingerprint density at radius 2 is 2.24 bits per heavy atom. The molecule has 2 heterocycles. The number of aromatic carboxylic acids is 1. The number of carboxylic acid groups (broad SMARTS) is 1. The number of carbonyl (C=O) groups excluding carboxylic acids is 1. The third-order valence-electron chi connectivity index (χ3n) is 2.42. The summed E-state index contributed by atoms with van der Waals surface area (Å²) in [6, 6.07) is 3.26. The van der Waals surface area contributed by atoms with Crippen LogP contribution in [0.15, 0.2) is 27.7 Å². The maximum absolute atomic E-state index is 11.8. The van der Waals surface area contributed by atoms with Gasteiger partial charge in [0.1, 0.15) is 9.90 Å². The molecule has 8 heteroatoms. The van der Waals surface area contributed by atoms with Gasteiger partial charge in [0.25, 0.3) is 0 Å². The molecule has 0 spiro atoms. The molecule has 0 aliphatic rings. The molecule has 0 bridgehead atoms. The van der Waals surface area contributed by atoms with Crippen molar-refractivity contribution in [3.05, 3.63) is 34.5 Å². The van der Waals surface area contributed by atoms with E-state index in [9.17, 15) is 9.59 Å². The summed E-state index contributed by atoms with van der Waals surface area (Å²) in [6.45, 7) is 3.64. The maximum atomic E-state index is 11.8. The van der Waals surface area contributed by atoms with Gasteiger partial charge in [0, 0.05) is 6.20 Å². The minimum Gasteiger partial charge on any atom is -0.477 e. The molecule has 0 unspecified atom stereocenters. The summed E-state index contributed by atoms with van der Waals surface area (Å²) >= 11 is 2.21. The van der Waals surface area contributed by atoms with E-state index in [1.807, 2.05) is 0 Å². The number of carbonyl (C=O) groups is 2. The standard InChI is InChI=1S/C13H12N2O4S2/c1-3-19-12(18)8-5-4-6-14-10(8)21-13-15-7(2)9(20-13)11(16)17/h4-6H,3H2,1-2H3,(H,16,17). The Labute approximate surface area is 129 Å². The zero-order valence-electron chi connectivity index (χ0n) is 11.3. The number of thiazole rings is 1. The third kappa shape index (κ3) is 3.59. The molecule has 0 aromatic carbocycles. The van der Waals surface area contributed by atoms with E-state index in [0.29, 0.717) is 20.6 Å². The van der Waals surface area contributed by atoms with Gasteiger partial charge < -0.3 is 9.84 Å². The first-order valence-corrected chi connectivity index (χ1v) is 7.67.